The highest BCUT2D eigenvalue weighted by molar-refractivity contribution is 6.01. The van der Waals surface area contributed by atoms with Gasteiger partial charge in [-0.2, -0.15) is 0 Å². The lowest BCUT2D eigenvalue weighted by molar-refractivity contribution is -0.122. The Morgan fingerprint density at radius 1 is 1.03 bits per heavy atom. The number of rotatable bonds is 10. The molecule has 0 aliphatic carbocycles. The number of nitrogens with zero attached hydrogens (tertiary/aromatic N) is 2. The summed E-state index contributed by atoms with van der Waals surface area (Å²) in [6.45, 7) is 8.08. The number of amides is 1. The number of carbonyl (C=O) groups is 3. The Labute approximate surface area is 200 Å². The summed E-state index contributed by atoms with van der Waals surface area (Å²) < 4.78 is 11.5. The molecule has 1 amide bonds. The van der Waals surface area contributed by atoms with Crippen LogP contribution in [0.5, 0.6) is 5.75 Å². The zero-order chi connectivity index (χ0) is 24.1. The van der Waals surface area contributed by atoms with Gasteiger partial charge in [0, 0.05) is 37.2 Å². The van der Waals surface area contributed by atoms with Crippen LogP contribution in [-0.4, -0.2) is 59.6 Å². The summed E-state index contributed by atoms with van der Waals surface area (Å²) in [6.07, 6.45) is 0.618. The summed E-state index contributed by atoms with van der Waals surface area (Å²) in [5, 5.41) is 0. The Bertz CT molecular complexity index is 1040. The van der Waals surface area contributed by atoms with Crippen molar-refractivity contribution in [3.8, 4) is 5.75 Å². The molecule has 2 aromatic carbocycles. The second kappa shape index (κ2) is 10.9. The summed E-state index contributed by atoms with van der Waals surface area (Å²) in [7, 11) is 0. The van der Waals surface area contributed by atoms with Crippen molar-refractivity contribution in [2.45, 2.75) is 52.4 Å². The molecule has 180 valence electrons. The number of ether oxygens (including phenoxy) is 2. The Kier molecular flexibility index (Phi) is 7.75. The first-order valence-corrected chi connectivity index (χ1v) is 11.9. The number of Topliss-reactive ketones (excluding diaryl/α,β-unsaturated/α-hetero) is 2. The molecule has 2 aliphatic rings. The molecule has 7 heteroatoms. The zero-order valence-corrected chi connectivity index (χ0v) is 19.9. The monoisotopic (exact) mass is 464 g/mol. The van der Waals surface area contributed by atoms with Gasteiger partial charge in [-0.15, -0.1) is 0 Å². The molecule has 2 heterocycles. The summed E-state index contributed by atoms with van der Waals surface area (Å²) in [4.78, 5) is 40.7. The molecular weight excluding hydrogens is 432 g/mol. The van der Waals surface area contributed by atoms with E-state index in [1.54, 1.807) is 17.0 Å². The molecule has 2 aromatic rings. The quantitative estimate of drug-likeness (QED) is 0.537. The van der Waals surface area contributed by atoms with E-state index < -0.39 is 6.04 Å². The van der Waals surface area contributed by atoms with Crippen LogP contribution in [0.25, 0.3) is 0 Å². The minimum Gasteiger partial charge on any atom is -0.489 e. The second-order valence-corrected chi connectivity index (χ2v) is 9.08. The maximum Gasteiger partial charge on any atom is 0.255 e. The van der Waals surface area contributed by atoms with Crippen LogP contribution in [0.4, 0.5) is 0 Å². The van der Waals surface area contributed by atoms with E-state index in [2.05, 4.69) is 29.2 Å². The third-order valence-corrected chi connectivity index (χ3v) is 6.50. The van der Waals surface area contributed by atoms with E-state index in [1.807, 2.05) is 6.07 Å². The first-order valence-electron chi connectivity index (χ1n) is 11.9. The van der Waals surface area contributed by atoms with E-state index in [0.29, 0.717) is 30.9 Å². The van der Waals surface area contributed by atoms with Gasteiger partial charge in [-0.05, 0) is 43.5 Å². The van der Waals surface area contributed by atoms with Crippen LogP contribution < -0.4 is 4.74 Å². The molecule has 1 unspecified atom stereocenters. The van der Waals surface area contributed by atoms with E-state index in [0.717, 1.165) is 44.0 Å². The van der Waals surface area contributed by atoms with Crippen LogP contribution >= 0.6 is 0 Å². The maximum absolute atomic E-state index is 13.0. The van der Waals surface area contributed by atoms with Gasteiger partial charge in [0.25, 0.3) is 5.91 Å². The lowest BCUT2D eigenvalue weighted by Crippen LogP contribution is -2.40. The van der Waals surface area contributed by atoms with Crippen LogP contribution in [0.3, 0.4) is 0 Å². The fourth-order valence-corrected chi connectivity index (χ4v) is 4.55. The van der Waals surface area contributed by atoms with Crippen molar-refractivity contribution in [1.29, 1.82) is 0 Å². The minimum absolute atomic E-state index is 0.00963. The number of benzene rings is 2. The largest absolute Gasteiger partial charge is 0.489 e. The van der Waals surface area contributed by atoms with Gasteiger partial charge >= 0.3 is 0 Å². The molecule has 0 N–H and O–H groups in total. The van der Waals surface area contributed by atoms with Crippen LogP contribution in [-0.2, 0) is 34.0 Å². The molecule has 0 spiro atoms. The SMILES string of the molecule is CC(=O)CCC(C(C)=O)N1Cc2c(OCc3ccc(CN4CCOCC4)cc3)cccc2C1=O. The molecule has 2 aliphatic heterocycles. The van der Waals surface area contributed by atoms with E-state index in [9.17, 15) is 14.4 Å². The average molecular weight is 465 g/mol. The first-order chi connectivity index (χ1) is 16.4. The molecule has 0 saturated carbocycles. The van der Waals surface area contributed by atoms with E-state index in [4.69, 9.17) is 9.47 Å². The summed E-state index contributed by atoms with van der Waals surface area (Å²) in [5.41, 5.74) is 3.67. The highest BCUT2D eigenvalue weighted by Crippen LogP contribution is 2.33. The highest BCUT2D eigenvalue weighted by Gasteiger charge is 2.36. The number of ketones is 2. The molecule has 1 atom stereocenters. The summed E-state index contributed by atoms with van der Waals surface area (Å²) >= 11 is 0. The standard InChI is InChI=1S/C27H32N2O5/c1-19(30)6-11-25(20(2)31)29-17-24-23(27(29)32)4-3-5-26(24)34-18-22-9-7-21(8-10-22)16-28-12-14-33-15-13-28/h3-5,7-10,25H,6,11-18H2,1-2H3. The van der Waals surface area contributed by atoms with Gasteiger partial charge in [0.15, 0.2) is 5.78 Å². The van der Waals surface area contributed by atoms with E-state index >= 15 is 0 Å². The van der Waals surface area contributed by atoms with Crippen LogP contribution in [0.15, 0.2) is 42.5 Å². The highest BCUT2D eigenvalue weighted by atomic mass is 16.5. The lowest BCUT2D eigenvalue weighted by atomic mass is 10.0. The normalized spacial score (nSPS) is 16.9. The van der Waals surface area contributed by atoms with Gasteiger partial charge < -0.3 is 19.2 Å². The zero-order valence-electron chi connectivity index (χ0n) is 19.9. The summed E-state index contributed by atoms with van der Waals surface area (Å²) in [6, 6.07) is 13.2. The van der Waals surface area contributed by atoms with E-state index in [-0.39, 0.29) is 23.9 Å². The second-order valence-electron chi connectivity index (χ2n) is 9.08. The van der Waals surface area contributed by atoms with Crippen molar-refractivity contribution in [3.05, 3.63) is 64.7 Å². The Hall–Kier alpha value is -3.03. The lowest BCUT2D eigenvalue weighted by Gasteiger charge is -2.26. The van der Waals surface area contributed by atoms with E-state index in [1.165, 1.54) is 19.4 Å². The number of hydrogen-bond donors (Lipinski definition) is 0. The van der Waals surface area contributed by atoms with Crippen LogP contribution in [0.2, 0.25) is 0 Å². The van der Waals surface area contributed by atoms with Crippen molar-refractivity contribution < 1.29 is 23.9 Å². The van der Waals surface area contributed by atoms with Crippen molar-refractivity contribution >= 4 is 17.5 Å². The Morgan fingerprint density at radius 3 is 2.41 bits per heavy atom. The fraction of sp³-hybridized carbons (Fsp3) is 0.444. The fourth-order valence-electron chi connectivity index (χ4n) is 4.55. The van der Waals surface area contributed by atoms with Gasteiger partial charge in [-0.25, -0.2) is 0 Å². The van der Waals surface area contributed by atoms with Crippen molar-refractivity contribution in [1.82, 2.24) is 9.80 Å². The predicted octanol–water partition coefficient (Wildman–Crippen LogP) is 3.38. The number of hydrogen-bond acceptors (Lipinski definition) is 6. The molecule has 0 bridgehead atoms. The van der Waals surface area contributed by atoms with Crippen molar-refractivity contribution in [2.75, 3.05) is 26.3 Å². The molecule has 7 nitrogen and oxygen atoms in total. The molecule has 34 heavy (non-hydrogen) atoms. The predicted molar refractivity (Wildman–Crippen MR) is 128 cm³/mol. The number of morpholine rings is 1. The average Bonchev–Trinajstić information content (AvgIpc) is 3.16. The van der Waals surface area contributed by atoms with Gasteiger partial charge in [-0.1, -0.05) is 30.3 Å². The molecule has 4 rings (SSSR count). The molecule has 1 fully saturated rings. The Morgan fingerprint density at radius 2 is 1.74 bits per heavy atom. The van der Waals surface area contributed by atoms with Crippen molar-refractivity contribution in [3.63, 3.8) is 0 Å². The summed E-state index contributed by atoms with van der Waals surface area (Å²) in [5.74, 6) is 0.369. The third-order valence-electron chi connectivity index (χ3n) is 6.50. The number of carbonyl (C=O) groups excluding carboxylic acids is 3. The van der Waals surface area contributed by atoms with Gasteiger partial charge in [0.1, 0.15) is 18.1 Å². The van der Waals surface area contributed by atoms with Crippen LogP contribution in [0, 0.1) is 0 Å². The molecule has 1 saturated heterocycles. The molecular formula is C27H32N2O5. The topological polar surface area (TPSA) is 76.2 Å². The van der Waals surface area contributed by atoms with Gasteiger partial charge in [0.2, 0.25) is 0 Å². The number of fused-ring (bicyclic) bond motifs is 1. The van der Waals surface area contributed by atoms with Gasteiger partial charge in [0.05, 0.1) is 25.8 Å². The third kappa shape index (κ3) is 5.72. The smallest absolute Gasteiger partial charge is 0.255 e. The van der Waals surface area contributed by atoms with Crippen LogP contribution in [0.1, 0.15) is 53.7 Å². The molecule has 0 radical (unpaired) electrons. The Balaban J connectivity index is 1.40. The maximum atomic E-state index is 13.0. The first kappa shape index (κ1) is 24.1. The van der Waals surface area contributed by atoms with Gasteiger partial charge in [-0.3, -0.25) is 14.5 Å². The molecule has 0 aromatic heterocycles. The minimum atomic E-state index is -0.601. The van der Waals surface area contributed by atoms with Crippen molar-refractivity contribution in [2.24, 2.45) is 0 Å².